The van der Waals surface area contributed by atoms with Crippen molar-refractivity contribution in [2.24, 2.45) is 0 Å². The zero-order chi connectivity index (χ0) is 14.7. The second-order valence-electron chi connectivity index (χ2n) is 4.09. The average Bonchev–Trinajstić information content (AvgIpc) is 2.47. The summed E-state index contributed by atoms with van der Waals surface area (Å²) in [6.45, 7) is 0.397. The van der Waals surface area contributed by atoms with Gasteiger partial charge >= 0.3 is 0 Å². The topological polar surface area (TPSA) is 64.6 Å². The molecule has 20 heavy (non-hydrogen) atoms. The number of carbonyl (C=O) groups is 2. The lowest BCUT2D eigenvalue weighted by Gasteiger charge is -2.20. The van der Waals surface area contributed by atoms with E-state index < -0.39 is 0 Å². The third-order valence-corrected chi connectivity index (χ3v) is 3.16. The highest BCUT2D eigenvalue weighted by Crippen LogP contribution is 2.35. The van der Waals surface area contributed by atoms with Crippen LogP contribution in [0.4, 0.5) is 0 Å². The molecule has 1 aliphatic carbocycles. The fourth-order valence-electron chi connectivity index (χ4n) is 2.09. The Balaban J connectivity index is 2.56. The van der Waals surface area contributed by atoms with Crippen molar-refractivity contribution in [3.63, 3.8) is 0 Å². The molecule has 0 radical (unpaired) electrons. The molecule has 0 saturated carbocycles. The molecular weight excluding hydrogens is 282 g/mol. The van der Waals surface area contributed by atoms with Gasteiger partial charge in [-0.15, -0.1) is 11.6 Å². The summed E-state index contributed by atoms with van der Waals surface area (Å²) >= 11 is 5.58. The number of hydrogen-bond acceptors (Lipinski definition) is 5. The van der Waals surface area contributed by atoms with Gasteiger partial charge < -0.3 is 14.8 Å². The molecule has 0 aromatic heterocycles. The van der Waals surface area contributed by atoms with Crippen LogP contribution in [0, 0.1) is 0 Å². The predicted molar refractivity (Wildman–Crippen MR) is 75.0 cm³/mol. The zero-order valence-corrected chi connectivity index (χ0v) is 11.9. The zero-order valence-electron chi connectivity index (χ0n) is 11.2. The second kappa shape index (κ2) is 5.96. The molecule has 1 aliphatic rings. The van der Waals surface area contributed by atoms with Crippen molar-refractivity contribution in [1.82, 2.24) is 5.32 Å². The van der Waals surface area contributed by atoms with Gasteiger partial charge in [0.2, 0.25) is 5.78 Å². The number of carbonyl (C=O) groups excluding carboxylic acids is 2. The fraction of sp³-hybridized carbons (Fsp3) is 0.286. The van der Waals surface area contributed by atoms with E-state index in [1.165, 1.54) is 20.3 Å². The van der Waals surface area contributed by atoms with Crippen molar-refractivity contribution in [3.05, 3.63) is 35.0 Å². The minimum atomic E-state index is -0.305. The quantitative estimate of drug-likeness (QED) is 0.839. The van der Waals surface area contributed by atoms with Crippen molar-refractivity contribution in [1.29, 1.82) is 0 Å². The Hall–Kier alpha value is -2.01. The molecule has 0 spiro atoms. The number of halogens is 1. The highest BCUT2D eigenvalue weighted by atomic mass is 35.5. The number of Topliss-reactive ketones (excluding diaryl/α,β-unsaturated/α-hetero) is 1. The maximum absolute atomic E-state index is 12.5. The van der Waals surface area contributed by atoms with Crippen LogP contribution in [0.15, 0.2) is 23.9 Å². The minimum absolute atomic E-state index is 0.217. The monoisotopic (exact) mass is 295 g/mol. The smallest absolute Gasteiger partial charge is 0.213 e. The summed E-state index contributed by atoms with van der Waals surface area (Å²) in [7, 11) is 2.90. The summed E-state index contributed by atoms with van der Waals surface area (Å²) in [4.78, 5) is 24.7. The van der Waals surface area contributed by atoms with Crippen molar-refractivity contribution >= 4 is 23.2 Å². The van der Waals surface area contributed by atoms with E-state index in [1.807, 2.05) is 0 Å². The molecule has 6 heteroatoms. The standard InChI is InChI=1S/C14H14ClNO4/c1-19-10-3-4-11(20-2)13-12(10)9(17)7-8(14(13)18)16-6-5-15/h3-4,7,16H,5-6H2,1-2H3. The number of rotatable bonds is 5. The fourth-order valence-corrected chi connectivity index (χ4v) is 2.19. The molecule has 0 bridgehead atoms. The van der Waals surface area contributed by atoms with E-state index in [9.17, 15) is 9.59 Å². The first-order valence-electron chi connectivity index (χ1n) is 5.99. The first-order valence-corrected chi connectivity index (χ1v) is 6.53. The molecule has 0 fully saturated rings. The van der Waals surface area contributed by atoms with Gasteiger partial charge in [-0.3, -0.25) is 9.59 Å². The Kier molecular flexibility index (Phi) is 4.29. The number of fused-ring (bicyclic) bond motifs is 1. The summed E-state index contributed by atoms with van der Waals surface area (Å²) in [6, 6.07) is 3.21. The normalized spacial score (nSPS) is 13.7. The van der Waals surface area contributed by atoms with Crippen LogP contribution in [0.5, 0.6) is 11.5 Å². The SMILES string of the molecule is COc1ccc(OC)c2c1C(=O)C=C(NCCCl)C2=O. The molecule has 1 aromatic carbocycles. The van der Waals surface area contributed by atoms with Gasteiger partial charge in [0.1, 0.15) is 11.5 Å². The molecule has 5 nitrogen and oxygen atoms in total. The largest absolute Gasteiger partial charge is 0.496 e. The van der Waals surface area contributed by atoms with Gasteiger partial charge in [0.15, 0.2) is 5.78 Å². The Labute approximate surface area is 121 Å². The third-order valence-electron chi connectivity index (χ3n) is 2.97. The molecule has 0 saturated heterocycles. The maximum atomic E-state index is 12.5. The number of nitrogens with one attached hydrogen (secondary N) is 1. The molecule has 1 aromatic rings. The van der Waals surface area contributed by atoms with Crippen molar-refractivity contribution < 1.29 is 19.1 Å². The number of ketones is 2. The first-order chi connectivity index (χ1) is 9.63. The number of allylic oxidation sites excluding steroid dienone is 2. The van der Waals surface area contributed by atoms with E-state index >= 15 is 0 Å². The van der Waals surface area contributed by atoms with Crippen LogP contribution in [0.1, 0.15) is 20.7 Å². The number of hydrogen-bond donors (Lipinski definition) is 1. The van der Waals surface area contributed by atoms with Gasteiger partial charge in [-0.05, 0) is 12.1 Å². The Morgan fingerprint density at radius 2 is 1.70 bits per heavy atom. The van der Waals surface area contributed by atoms with E-state index in [0.29, 0.717) is 23.9 Å². The molecule has 0 atom stereocenters. The Morgan fingerprint density at radius 1 is 1.10 bits per heavy atom. The first kappa shape index (κ1) is 14.4. The van der Waals surface area contributed by atoms with Crippen LogP contribution in [-0.2, 0) is 0 Å². The second-order valence-corrected chi connectivity index (χ2v) is 4.47. The summed E-state index contributed by atoms with van der Waals surface area (Å²) in [5, 5.41) is 2.84. The molecule has 0 unspecified atom stereocenters. The summed E-state index contributed by atoms with van der Waals surface area (Å²) in [6.07, 6.45) is 1.26. The number of methoxy groups -OCH3 is 2. The highest BCUT2D eigenvalue weighted by molar-refractivity contribution is 6.26. The molecule has 0 aliphatic heterocycles. The third kappa shape index (κ3) is 2.36. The van der Waals surface area contributed by atoms with Crippen molar-refractivity contribution in [2.45, 2.75) is 0 Å². The summed E-state index contributed by atoms with van der Waals surface area (Å²) in [5.74, 6) is 0.429. The minimum Gasteiger partial charge on any atom is -0.496 e. The number of benzene rings is 1. The van der Waals surface area contributed by atoms with Crippen LogP contribution < -0.4 is 14.8 Å². The van der Waals surface area contributed by atoms with Crippen LogP contribution >= 0.6 is 11.6 Å². The molecule has 0 amide bonds. The van der Waals surface area contributed by atoms with Gasteiger partial charge in [0, 0.05) is 18.5 Å². The van der Waals surface area contributed by atoms with Gasteiger partial charge in [-0.25, -0.2) is 0 Å². The predicted octanol–water partition coefficient (Wildman–Crippen LogP) is 1.80. The average molecular weight is 296 g/mol. The van der Waals surface area contributed by atoms with Gasteiger partial charge in [0.05, 0.1) is 31.0 Å². The van der Waals surface area contributed by atoms with Crippen LogP contribution in [0.2, 0.25) is 0 Å². The van der Waals surface area contributed by atoms with E-state index in [4.69, 9.17) is 21.1 Å². The van der Waals surface area contributed by atoms with E-state index in [1.54, 1.807) is 12.1 Å². The molecule has 1 N–H and O–H groups in total. The molecule has 106 valence electrons. The molecule has 2 rings (SSSR count). The van der Waals surface area contributed by atoms with Crippen molar-refractivity contribution in [2.75, 3.05) is 26.6 Å². The molecular formula is C14H14ClNO4. The van der Waals surface area contributed by atoms with Crippen LogP contribution in [0.3, 0.4) is 0 Å². The summed E-state index contributed by atoms with van der Waals surface area (Å²) < 4.78 is 10.3. The van der Waals surface area contributed by atoms with Crippen LogP contribution in [0.25, 0.3) is 0 Å². The lowest BCUT2D eigenvalue weighted by atomic mass is 9.91. The number of alkyl halides is 1. The van der Waals surface area contributed by atoms with Crippen LogP contribution in [-0.4, -0.2) is 38.2 Å². The van der Waals surface area contributed by atoms with Gasteiger partial charge in [0.25, 0.3) is 0 Å². The number of ether oxygens (including phenoxy) is 2. The Morgan fingerprint density at radius 3 is 2.25 bits per heavy atom. The molecule has 0 heterocycles. The van der Waals surface area contributed by atoms with Gasteiger partial charge in [-0.2, -0.15) is 0 Å². The summed E-state index contributed by atoms with van der Waals surface area (Å²) in [5.41, 5.74) is 0.666. The lowest BCUT2D eigenvalue weighted by Crippen LogP contribution is -2.28. The van der Waals surface area contributed by atoms with E-state index in [0.717, 1.165) is 0 Å². The highest BCUT2D eigenvalue weighted by Gasteiger charge is 2.31. The van der Waals surface area contributed by atoms with Crippen molar-refractivity contribution in [3.8, 4) is 11.5 Å². The maximum Gasteiger partial charge on any atom is 0.213 e. The van der Waals surface area contributed by atoms with E-state index in [2.05, 4.69) is 5.32 Å². The lowest BCUT2D eigenvalue weighted by molar-refractivity contribution is 0.0973. The Bertz CT molecular complexity index is 595. The van der Waals surface area contributed by atoms with Gasteiger partial charge in [-0.1, -0.05) is 0 Å². The van der Waals surface area contributed by atoms with E-state index in [-0.39, 0.29) is 28.4 Å².